The first kappa shape index (κ1) is 44.3. The van der Waals surface area contributed by atoms with E-state index in [1.807, 2.05) is 0 Å². The first-order valence-electron chi connectivity index (χ1n) is 19.9. The molecule has 1 saturated carbocycles. The summed E-state index contributed by atoms with van der Waals surface area (Å²) in [7, 11) is 0. The highest BCUT2D eigenvalue weighted by Crippen LogP contribution is 2.28. The molecule has 1 rings (SSSR count). The Bertz CT molecular complexity index is 706. The third-order valence-corrected chi connectivity index (χ3v) is 9.78. The second-order valence-corrected chi connectivity index (χ2v) is 14.5. The van der Waals surface area contributed by atoms with E-state index in [0.717, 1.165) is 31.6 Å². The van der Waals surface area contributed by atoms with E-state index < -0.39 is 42.6 Å². The predicted molar refractivity (Wildman–Crippen MR) is 190 cm³/mol. The topological polar surface area (TPSA) is 126 Å². The highest BCUT2D eigenvalue weighted by Gasteiger charge is 2.52. The number of carbonyl (C=O) groups is 1. The maximum absolute atomic E-state index is 12.5. The van der Waals surface area contributed by atoms with Gasteiger partial charge in [0, 0.05) is 13.0 Å². The van der Waals surface area contributed by atoms with Crippen molar-refractivity contribution in [2.45, 2.75) is 218 Å². The van der Waals surface area contributed by atoms with Crippen molar-refractivity contribution in [3.63, 3.8) is 0 Å². The Kier molecular flexibility index (Phi) is 28.3. The van der Waals surface area contributed by atoms with Gasteiger partial charge in [0.15, 0.2) is 6.10 Å². The largest absolute Gasteiger partial charge is 0.457 e. The van der Waals surface area contributed by atoms with Crippen molar-refractivity contribution in [1.29, 1.82) is 0 Å². The maximum Gasteiger partial charge on any atom is 0.306 e. The number of rotatable bonds is 33. The Morgan fingerprint density at radius 1 is 0.574 bits per heavy atom. The smallest absolute Gasteiger partial charge is 0.306 e. The molecule has 0 bridgehead atoms. The molecule has 0 aromatic heterocycles. The fourth-order valence-electron chi connectivity index (χ4n) is 6.59. The molecular formula is C39H76O8. The molecule has 7 atom stereocenters. The number of hydrogen-bond donors (Lipinski definition) is 4. The van der Waals surface area contributed by atoms with Crippen LogP contribution in [0.5, 0.6) is 0 Å². The van der Waals surface area contributed by atoms with Crippen LogP contribution in [0.15, 0.2) is 0 Å². The van der Waals surface area contributed by atoms with E-state index in [1.165, 1.54) is 122 Å². The van der Waals surface area contributed by atoms with E-state index in [9.17, 15) is 25.2 Å². The molecule has 1 aliphatic rings. The number of esters is 1. The monoisotopic (exact) mass is 673 g/mol. The SMILES string of the molecule is CCCCCCCCCCCCCC(=O)OC1C(OC[C@@H](O)COCCCCCCCCCC(C)CCCCCC)[C@@H](O)C(O)[C@H]1O. The van der Waals surface area contributed by atoms with E-state index in [4.69, 9.17) is 14.2 Å². The molecule has 8 heteroatoms. The summed E-state index contributed by atoms with van der Waals surface area (Å²) in [6, 6.07) is 0. The van der Waals surface area contributed by atoms with Crippen LogP contribution in [0.4, 0.5) is 0 Å². The summed E-state index contributed by atoms with van der Waals surface area (Å²) in [4.78, 5) is 12.5. The van der Waals surface area contributed by atoms with Crippen molar-refractivity contribution in [1.82, 2.24) is 0 Å². The van der Waals surface area contributed by atoms with Crippen LogP contribution < -0.4 is 0 Å². The van der Waals surface area contributed by atoms with Crippen LogP contribution in [-0.2, 0) is 19.0 Å². The van der Waals surface area contributed by atoms with Gasteiger partial charge in [-0.1, -0.05) is 162 Å². The third kappa shape index (κ3) is 22.5. The summed E-state index contributed by atoms with van der Waals surface area (Å²) in [5.74, 6) is 0.380. The van der Waals surface area contributed by atoms with Gasteiger partial charge in [-0.2, -0.15) is 0 Å². The first-order valence-corrected chi connectivity index (χ1v) is 19.9. The molecule has 0 saturated heterocycles. The second-order valence-electron chi connectivity index (χ2n) is 14.5. The molecule has 0 radical (unpaired) electrons. The van der Waals surface area contributed by atoms with E-state index in [-0.39, 0.29) is 19.6 Å². The van der Waals surface area contributed by atoms with Gasteiger partial charge in [0.25, 0.3) is 0 Å². The van der Waals surface area contributed by atoms with E-state index in [2.05, 4.69) is 20.8 Å². The molecule has 0 amide bonds. The van der Waals surface area contributed by atoms with Crippen molar-refractivity contribution >= 4 is 5.97 Å². The molecule has 280 valence electrons. The molecule has 0 aromatic carbocycles. The van der Waals surface area contributed by atoms with Gasteiger partial charge in [-0.25, -0.2) is 0 Å². The summed E-state index contributed by atoms with van der Waals surface area (Å²) in [5.41, 5.74) is 0. The predicted octanol–water partition coefficient (Wildman–Crippen LogP) is 8.19. The summed E-state index contributed by atoms with van der Waals surface area (Å²) in [6.07, 6.45) is 22.2. The Hall–Kier alpha value is -0.770. The lowest BCUT2D eigenvalue weighted by molar-refractivity contribution is -0.168. The van der Waals surface area contributed by atoms with Gasteiger partial charge in [0.05, 0.1) is 13.2 Å². The average Bonchev–Trinajstić information content (AvgIpc) is 3.25. The zero-order valence-corrected chi connectivity index (χ0v) is 30.8. The summed E-state index contributed by atoms with van der Waals surface area (Å²) in [6.45, 7) is 7.39. The molecule has 4 unspecified atom stereocenters. The Labute approximate surface area is 288 Å². The molecule has 0 heterocycles. The molecule has 0 aliphatic heterocycles. The number of hydrogen-bond acceptors (Lipinski definition) is 8. The number of carbonyl (C=O) groups excluding carboxylic acids is 1. The van der Waals surface area contributed by atoms with Gasteiger partial charge in [-0.3, -0.25) is 4.79 Å². The van der Waals surface area contributed by atoms with Crippen molar-refractivity contribution < 1.29 is 39.4 Å². The van der Waals surface area contributed by atoms with Gasteiger partial charge < -0.3 is 34.6 Å². The van der Waals surface area contributed by atoms with Crippen LogP contribution in [0.2, 0.25) is 0 Å². The zero-order chi connectivity index (χ0) is 34.5. The quantitative estimate of drug-likeness (QED) is 0.0406. The third-order valence-electron chi connectivity index (χ3n) is 9.78. The molecule has 0 aromatic rings. The normalized spacial score (nSPS) is 22.5. The van der Waals surface area contributed by atoms with Crippen molar-refractivity contribution in [3.8, 4) is 0 Å². The summed E-state index contributed by atoms with van der Waals surface area (Å²) in [5, 5.41) is 41.3. The maximum atomic E-state index is 12.5. The minimum Gasteiger partial charge on any atom is -0.457 e. The second kappa shape index (κ2) is 30.1. The fraction of sp³-hybridized carbons (Fsp3) is 0.974. The van der Waals surface area contributed by atoms with Crippen LogP contribution in [-0.4, -0.2) is 82.8 Å². The first-order chi connectivity index (χ1) is 22.8. The lowest BCUT2D eigenvalue weighted by Gasteiger charge is -2.24. The summed E-state index contributed by atoms with van der Waals surface area (Å²) >= 11 is 0. The van der Waals surface area contributed by atoms with E-state index in [1.54, 1.807) is 0 Å². The Balaban J connectivity index is 2.10. The van der Waals surface area contributed by atoms with Gasteiger partial charge >= 0.3 is 5.97 Å². The van der Waals surface area contributed by atoms with Crippen LogP contribution >= 0.6 is 0 Å². The Morgan fingerprint density at radius 3 is 1.57 bits per heavy atom. The van der Waals surface area contributed by atoms with Crippen LogP contribution in [0.25, 0.3) is 0 Å². The molecule has 4 N–H and O–H groups in total. The van der Waals surface area contributed by atoms with Gasteiger partial charge in [0.2, 0.25) is 0 Å². The van der Waals surface area contributed by atoms with Gasteiger partial charge in [0.1, 0.15) is 30.5 Å². The average molecular weight is 673 g/mol. The van der Waals surface area contributed by atoms with Crippen LogP contribution in [0, 0.1) is 5.92 Å². The number of ether oxygens (including phenoxy) is 3. The lowest BCUT2D eigenvalue weighted by atomic mass is 9.96. The van der Waals surface area contributed by atoms with Gasteiger partial charge in [-0.05, 0) is 18.8 Å². The minimum absolute atomic E-state index is 0.0911. The van der Waals surface area contributed by atoms with Crippen molar-refractivity contribution in [2.75, 3.05) is 19.8 Å². The van der Waals surface area contributed by atoms with Crippen molar-refractivity contribution in [2.24, 2.45) is 5.92 Å². The number of unbranched alkanes of at least 4 members (excludes halogenated alkanes) is 19. The van der Waals surface area contributed by atoms with Gasteiger partial charge in [-0.15, -0.1) is 0 Å². The molecule has 47 heavy (non-hydrogen) atoms. The molecule has 1 aliphatic carbocycles. The number of aliphatic hydroxyl groups is 4. The Morgan fingerprint density at radius 2 is 1.02 bits per heavy atom. The van der Waals surface area contributed by atoms with Crippen molar-refractivity contribution in [3.05, 3.63) is 0 Å². The standard InChI is InChI=1S/C39H76O8/c1-4-6-8-10-11-12-13-14-17-20-24-28-34(41)47-39-37(44)35(42)36(43)38(39)46-31-33(40)30-45-29-25-21-18-15-16-19-23-27-32(3)26-22-9-7-5-2/h32-33,35-40,42-44H,4-31H2,1-3H3/t32?,33-,35?,36-,37+,38?,39?/m0/s1. The highest BCUT2D eigenvalue weighted by molar-refractivity contribution is 5.69. The number of aliphatic hydroxyl groups excluding tert-OH is 4. The molecule has 0 spiro atoms. The lowest BCUT2D eigenvalue weighted by Crippen LogP contribution is -2.41. The molecule has 8 nitrogen and oxygen atoms in total. The highest BCUT2D eigenvalue weighted by atomic mass is 16.6. The molecular weight excluding hydrogens is 596 g/mol. The minimum atomic E-state index is -1.49. The summed E-state index contributed by atoms with van der Waals surface area (Å²) < 4.78 is 16.7. The molecule has 1 fully saturated rings. The zero-order valence-electron chi connectivity index (χ0n) is 30.8. The van der Waals surface area contributed by atoms with Crippen LogP contribution in [0.3, 0.4) is 0 Å². The van der Waals surface area contributed by atoms with Crippen LogP contribution in [0.1, 0.15) is 181 Å². The fourth-order valence-corrected chi connectivity index (χ4v) is 6.59. The van der Waals surface area contributed by atoms with E-state index >= 15 is 0 Å². The van der Waals surface area contributed by atoms with E-state index in [0.29, 0.717) is 13.0 Å².